The fraction of sp³-hybridized carbons (Fsp3) is 0.292. The summed E-state index contributed by atoms with van der Waals surface area (Å²) in [5.74, 6) is 0.488. The van der Waals surface area contributed by atoms with E-state index in [0.717, 1.165) is 41.2 Å². The number of nitrogens with zero attached hydrogens (tertiary/aromatic N) is 2. The van der Waals surface area contributed by atoms with Crippen LogP contribution in [-0.4, -0.2) is 37.7 Å². The molecule has 0 fully saturated rings. The molecule has 3 aromatic rings. The summed E-state index contributed by atoms with van der Waals surface area (Å²) >= 11 is 1.43. The minimum absolute atomic E-state index is 0.0764. The SMILES string of the molecule is CN(C)c1ccc(NC(=O)C2CCCc3sc(NC(=O)c4ccc5c(c4)OCO5)nc32)cc1. The number of carbonyl (C=O) groups is 2. The number of benzene rings is 2. The topological polar surface area (TPSA) is 92.8 Å². The second-order valence-corrected chi connectivity index (χ2v) is 9.31. The quantitative estimate of drug-likeness (QED) is 0.587. The number of ether oxygens (including phenoxy) is 2. The lowest BCUT2D eigenvalue weighted by atomic mass is 9.90. The van der Waals surface area contributed by atoms with Gasteiger partial charge in [-0.05, 0) is 61.7 Å². The zero-order valence-electron chi connectivity index (χ0n) is 18.4. The van der Waals surface area contributed by atoms with Crippen LogP contribution >= 0.6 is 11.3 Å². The molecule has 1 aliphatic carbocycles. The highest BCUT2D eigenvalue weighted by Gasteiger charge is 2.31. The van der Waals surface area contributed by atoms with E-state index in [1.807, 2.05) is 43.3 Å². The van der Waals surface area contributed by atoms with Crippen molar-refractivity contribution in [1.82, 2.24) is 4.98 Å². The number of carbonyl (C=O) groups excluding carboxylic acids is 2. The number of hydrogen-bond donors (Lipinski definition) is 2. The summed E-state index contributed by atoms with van der Waals surface area (Å²) in [7, 11) is 3.95. The molecule has 170 valence electrons. The van der Waals surface area contributed by atoms with Crippen LogP contribution in [0.1, 0.15) is 39.7 Å². The Bertz CT molecular complexity index is 1210. The van der Waals surface area contributed by atoms with Gasteiger partial charge in [0.05, 0.1) is 11.6 Å². The number of amides is 2. The summed E-state index contributed by atoms with van der Waals surface area (Å²) in [6.45, 7) is 0.156. The fourth-order valence-corrected chi connectivity index (χ4v) is 5.07. The smallest absolute Gasteiger partial charge is 0.257 e. The Balaban J connectivity index is 1.29. The van der Waals surface area contributed by atoms with Gasteiger partial charge in [-0.3, -0.25) is 14.9 Å². The van der Waals surface area contributed by atoms with E-state index in [2.05, 4.69) is 15.6 Å². The standard InChI is InChI=1S/C24H24N4O4S/c1-28(2)16-9-7-15(8-10-16)25-23(30)17-4-3-5-20-21(17)26-24(33-20)27-22(29)14-6-11-18-19(12-14)32-13-31-18/h6-12,17H,3-5,13H2,1-2H3,(H,25,30)(H,26,27,29). The molecular weight excluding hydrogens is 440 g/mol. The molecule has 2 N–H and O–H groups in total. The molecule has 33 heavy (non-hydrogen) atoms. The Hall–Kier alpha value is -3.59. The molecule has 2 aromatic carbocycles. The maximum Gasteiger partial charge on any atom is 0.257 e. The van der Waals surface area contributed by atoms with Crippen molar-refractivity contribution in [1.29, 1.82) is 0 Å². The van der Waals surface area contributed by atoms with Crippen molar-refractivity contribution in [3.63, 3.8) is 0 Å². The first-order valence-corrected chi connectivity index (χ1v) is 11.6. The van der Waals surface area contributed by atoms with Crippen molar-refractivity contribution in [3.05, 3.63) is 58.6 Å². The number of nitrogens with one attached hydrogen (secondary N) is 2. The van der Waals surface area contributed by atoms with E-state index < -0.39 is 0 Å². The van der Waals surface area contributed by atoms with Gasteiger partial charge in [0.1, 0.15) is 0 Å². The van der Waals surface area contributed by atoms with Crippen molar-refractivity contribution in [3.8, 4) is 11.5 Å². The van der Waals surface area contributed by atoms with Gasteiger partial charge in [-0.25, -0.2) is 4.98 Å². The molecule has 2 amide bonds. The van der Waals surface area contributed by atoms with Crippen molar-refractivity contribution in [2.24, 2.45) is 0 Å². The maximum absolute atomic E-state index is 13.0. The molecule has 0 saturated heterocycles. The monoisotopic (exact) mass is 464 g/mol. The first-order chi connectivity index (χ1) is 16.0. The van der Waals surface area contributed by atoms with Crippen LogP contribution < -0.4 is 25.0 Å². The molecular formula is C24H24N4O4S. The summed E-state index contributed by atoms with van der Waals surface area (Å²) in [6, 6.07) is 12.8. The van der Waals surface area contributed by atoms with Gasteiger partial charge in [0.15, 0.2) is 16.6 Å². The molecule has 1 aromatic heterocycles. The van der Waals surface area contributed by atoms with Gasteiger partial charge in [-0.1, -0.05) is 0 Å². The molecule has 1 atom stereocenters. The zero-order chi connectivity index (χ0) is 22.9. The number of aryl methyl sites for hydroxylation is 1. The lowest BCUT2D eigenvalue weighted by Gasteiger charge is -2.20. The van der Waals surface area contributed by atoms with Gasteiger partial charge in [-0.2, -0.15) is 0 Å². The Morgan fingerprint density at radius 2 is 1.85 bits per heavy atom. The highest BCUT2D eigenvalue weighted by atomic mass is 32.1. The third-order valence-electron chi connectivity index (χ3n) is 5.78. The normalized spacial score (nSPS) is 16.1. The summed E-state index contributed by atoms with van der Waals surface area (Å²) in [4.78, 5) is 33.5. The fourth-order valence-electron chi connectivity index (χ4n) is 4.01. The van der Waals surface area contributed by atoms with E-state index in [-0.39, 0.29) is 24.5 Å². The summed E-state index contributed by atoms with van der Waals surface area (Å²) in [6.07, 6.45) is 2.49. The largest absolute Gasteiger partial charge is 0.454 e. The van der Waals surface area contributed by atoms with Crippen LogP contribution in [-0.2, 0) is 11.2 Å². The average Bonchev–Trinajstić information content (AvgIpc) is 3.44. The number of aromatic nitrogens is 1. The number of anilines is 3. The van der Waals surface area contributed by atoms with Gasteiger partial charge in [0.2, 0.25) is 12.7 Å². The van der Waals surface area contributed by atoms with E-state index in [1.54, 1.807) is 18.2 Å². The van der Waals surface area contributed by atoms with E-state index in [9.17, 15) is 9.59 Å². The Morgan fingerprint density at radius 3 is 2.64 bits per heavy atom. The Labute approximate surface area is 195 Å². The molecule has 1 aliphatic heterocycles. The predicted molar refractivity (Wildman–Crippen MR) is 128 cm³/mol. The van der Waals surface area contributed by atoms with E-state index in [1.165, 1.54) is 11.3 Å². The first kappa shape index (κ1) is 21.3. The van der Waals surface area contributed by atoms with Crippen LogP contribution in [0.3, 0.4) is 0 Å². The van der Waals surface area contributed by atoms with Gasteiger partial charge in [0, 0.05) is 35.9 Å². The van der Waals surface area contributed by atoms with Crippen molar-refractivity contribution in [2.75, 3.05) is 36.4 Å². The molecule has 0 radical (unpaired) electrons. The molecule has 2 heterocycles. The van der Waals surface area contributed by atoms with Gasteiger partial charge in [0.25, 0.3) is 5.91 Å². The summed E-state index contributed by atoms with van der Waals surface area (Å²) < 4.78 is 10.6. The van der Waals surface area contributed by atoms with Crippen molar-refractivity contribution >= 4 is 39.7 Å². The third kappa shape index (κ3) is 4.36. The van der Waals surface area contributed by atoms with Crippen LogP contribution in [0, 0.1) is 0 Å². The predicted octanol–water partition coefficient (Wildman–Crippen LogP) is 4.25. The van der Waals surface area contributed by atoms with Crippen LogP contribution in [0.25, 0.3) is 0 Å². The molecule has 0 bridgehead atoms. The minimum Gasteiger partial charge on any atom is -0.454 e. The molecule has 0 saturated carbocycles. The number of fused-ring (bicyclic) bond motifs is 2. The number of rotatable bonds is 5. The van der Waals surface area contributed by atoms with Gasteiger partial charge in [-0.15, -0.1) is 11.3 Å². The lowest BCUT2D eigenvalue weighted by molar-refractivity contribution is -0.117. The zero-order valence-corrected chi connectivity index (χ0v) is 19.2. The van der Waals surface area contributed by atoms with Gasteiger partial charge >= 0.3 is 0 Å². The van der Waals surface area contributed by atoms with Gasteiger partial charge < -0.3 is 19.7 Å². The molecule has 2 aliphatic rings. The molecule has 9 heteroatoms. The number of hydrogen-bond acceptors (Lipinski definition) is 7. The van der Waals surface area contributed by atoms with Crippen molar-refractivity contribution in [2.45, 2.75) is 25.2 Å². The summed E-state index contributed by atoms with van der Waals surface area (Å²) in [5.41, 5.74) is 3.04. The third-order valence-corrected chi connectivity index (χ3v) is 6.82. The minimum atomic E-state index is -0.338. The Kier molecular flexibility index (Phi) is 5.63. The Morgan fingerprint density at radius 1 is 1.06 bits per heavy atom. The molecule has 8 nitrogen and oxygen atoms in total. The summed E-state index contributed by atoms with van der Waals surface area (Å²) in [5, 5.41) is 6.38. The van der Waals surface area contributed by atoms with E-state index in [4.69, 9.17) is 9.47 Å². The van der Waals surface area contributed by atoms with E-state index >= 15 is 0 Å². The van der Waals surface area contributed by atoms with Crippen LogP contribution in [0.4, 0.5) is 16.5 Å². The first-order valence-electron chi connectivity index (χ1n) is 10.8. The van der Waals surface area contributed by atoms with Crippen LogP contribution in [0.15, 0.2) is 42.5 Å². The highest BCUT2D eigenvalue weighted by molar-refractivity contribution is 7.16. The highest BCUT2D eigenvalue weighted by Crippen LogP contribution is 2.38. The molecule has 1 unspecified atom stereocenters. The van der Waals surface area contributed by atoms with Crippen molar-refractivity contribution < 1.29 is 19.1 Å². The van der Waals surface area contributed by atoms with Crippen LogP contribution in [0.5, 0.6) is 11.5 Å². The molecule has 0 spiro atoms. The maximum atomic E-state index is 13.0. The second-order valence-electron chi connectivity index (χ2n) is 8.22. The average molecular weight is 465 g/mol. The van der Waals surface area contributed by atoms with Crippen LogP contribution in [0.2, 0.25) is 0 Å². The van der Waals surface area contributed by atoms with E-state index in [0.29, 0.717) is 22.2 Å². The number of thiazole rings is 1. The lowest BCUT2D eigenvalue weighted by Crippen LogP contribution is -2.24. The molecule has 5 rings (SSSR count). The second kappa shape index (κ2) is 8.74.